The van der Waals surface area contributed by atoms with Gasteiger partial charge in [0.05, 0.1) is 7.11 Å². The molecule has 0 N–H and O–H groups in total. The Bertz CT molecular complexity index is 1210. The molecular formula is C29H28FNaO4. The number of ether oxygens (including phenoxy) is 2. The molecule has 3 aromatic carbocycles. The minimum Gasteiger partial charge on any atom is -0.550 e. The molecule has 0 aromatic heterocycles. The van der Waals surface area contributed by atoms with Gasteiger partial charge in [0.1, 0.15) is 23.4 Å². The Kier molecular flexibility index (Phi) is 7.89. The number of carbonyl (C=O) groups excluding carboxylic acids is 1. The van der Waals surface area contributed by atoms with E-state index in [1.165, 1.54) is 6.07 Å². The summed E-state index contributed by atoms with van der Waals surface area (Å²) in [5, 5.41) is 11.6. The molecule has 1 heterocycles. The second kappa shape index (κ2) is 10.7. The maximum atomic E-state index is 14.4. The first kappa shape index (κ1) is 25.7. The molecule has 176 valence electrons. The van der Waals surface area contributed by atoms with Gasteiger partial charge in [0, 0.05) is 17.5 Å². The van der Waals surface area contributed by atoms with E-state index in [0.29, 0.717) is 17.2 Å². The molecule has 6 heteroatoms. The monoisotopic (exact) mass is 482 g/mol. The summed E-state index contributed by atoms with van der Waals surface area (Å²) in [6, 6.07) is 18.7. The fraction of sp³-hybridized carbons (Fsp3) is 0.345. The van der Waals surface area contributed by atoms with Gasteiger partial charge in [0.15, 0.2) is 0 Å². The van der Waals surface area contributed by atoms with Crippen molar-refractivity contribution in [2.45, 2.75) is 44.6 Å². The number of carboxylic acid groups (broad SMARTS) is 1. The predicted molar refractivity (Wildman–Crippen MR) is 126 cm³/mol. The smallest absolute Gasteiger partial charge is 0.550 e. The Morgan fingerprint density at radius 3 is 2.46 bits per heavy atom. The fourth-order valence-electron chi connectivity index (χ4n) is 5.13. The summed E-state index contributed by atoms with van der Waals surface area (Å²) in [5.41, 5.74) is 4.47. The number of carboxylic acids is 1. The van der Waals surface area contributed by atoms with Crippen LogP contribution in [-0.2, 0) is 11.2 Å². The molecule has 0 spiro atoms. The maximum Gasteiger partial charge on any atom is 1.00 e. The van der Waals surface area contributed by atoms with Gasteiger partial charge in [-0.1, -0.05) is 43.3 Å². The van der Waals surface area contributed by atoms with Crippen molar-refractivity contribution < 1.29 is 53.3 Å². The third-order valence-corrected chi connectivity index (χ3v) is 7.23. The number of hydrogen-bond acceptors (Lipinski definition) is 4. The zero-order valence-corrected chi connectivity index (χ0v) is 22.4. The van der Waals surface area contributed by atoms with Crippen molar-refractivity contribution in [2.24, 2.45) is 11.8 Å². The van der Waals surface area contributed by atoms with Crippen LogP contribution in [0.2, 0.25) is 0 Å². The largest absolute Gasteiger partial charge is 1.00 e. The van der Waals surface area contributed by atoms with E-state index >= 15 is 0 Å². The maximum absolute atomic E-state index is 14.4. The Morgan fingerprint density at radius 1 is 1.06 bits per heavy atom. The molecule has 0 radical (unpaired) electrons. The van der Waals surface area contributed by atoms with Gasteiger partial charge in [-0.25, -0.2) is 4.39 Å². The zero-order valence-electron chi connectivity index (χ0n) is 20.4. The van der Waals surface area contributed by atoms with Crippen molar-refractivity contribution in [3.05, 3.63) is 83.2 Å². The van der Waals surface area contributed by atoms with E-state index in [0.717, 1.165) is 53.7 Å². The van der Waals surface area contributed by atoms with Crippen LogP contribution >= 0.6 is 0 Å². The molecule has 5 rings (SSSR count). The molecular weight excluding hydrogens is 454 g/mol. The number of rotatable bonds is 7. The van der Waals surface area contributed by atoms with Crippen LogP contribution < -0.4 is 44.1 Å². The van der Waals surface area contributed by atoms with Gasteiger partial charge < -0.3 is 19.4 Å². The van der Waals surface area contributed by atoms with Crippen LogP contribution in [-0.4, -0.2) is 13.1 Å². The summed E-state index contributed by atoms with van der Waals surface area (Å²) in [4.78, 5) is 11.6. The molecule has 3 aromatic rings. The second-order valence-corrected chi connectivity index (χ2v) is 9.45. The average molecular weight is 483 g/mol. The van der Waals surface area contributed by atoms with Crippen LogP contribution in [0.3, 0.4) is 0 Å². The topological polar surface area (TPSA) is 58.6 Å². The molecule has 0 amide bonds. The van der Waals surface area contributed by atoms with E-state index in [1.807, 2.05) is 30.3 Å². The van der Waals surface area contributed by atoms with Crippen LogP contribution in [0.1, 0.15) is 54.9 Å². The molecule has 1 aliphatic carbocycles. The van der Waals surface area contributed by atoms with Crippen molar-refractivity contribution in [3.63, 3.8) is 0 Å². The van der Waals surface area contributed by atoms with Gasteiger partial charge >= 0.3 is 29.6 Å². The average Bonchev–Trinajstić information content (AvgIpc) is 3.69. The molecule has 1 fully saturated rings. The van der Waals surface area contributed by atoms with Crippen molar-refractivity contribution in [1.82, 2.24) is 0 Å². The zero-order chi connectivity index (χ0) is 23.8. The summed E-state index contributed by atoms with van der Waals surface area (Å²) >= 11 is 0. The van der Waals surface area contributed by atoms with E-state index in [1.54, 1.807) is 26.2 Å². The Hall–Kier alpha value is -2.34. The normalized spacial score (nSPS) is 18.4. The van der Waals surface area contributed by atoms with Gasteiger partial charge in [0.2, 0.25) is 0 Å². The number of halogens is 1. The Balaban J connectivity index is 0.00000289. The molecule has 35 heavy (non-hydrogen) atoms. The van der Waals surface area contributed by atoms with Crippen molar-refractivity contribution in [3.8, 4) is 22.6 Å². The van der Waals surface area contributed by atoms with Crippen LogP contribution in [0.4, 0.5) is 4.39 Å². The predicted octanol–water partition coefficient (Wildman–Crippen LogP) is 2.45. The summed E-state index contributed by atoms with van der Waals surface area (Å²) in [6.45, 7) is 1.74. The number of carbonyl (C=O) groups is 1. The van der Waals surface area contributed by atoms with E-state index in [9.17, 15) is 14.3 Å². The second-order valence-electron chi connectivity index (χ2n) is 9.45. The summed E-state index contributed by atoms with van der Waals surface area (Å²) in [6.07, 6.45) is 3.74. The summed E-state index contributed by atoms with van der Waals surface area (Å²) < 4.78 is 26.0. The van der Waals surface area contributed by atoms with Gasteiger partial charge in [0.25, 0.3) is 0 Å². The van der Waals surface area contributed by atoms with E-state index in [2.05, 4.69) is 12.1 Å². The molecule has 1 saturated carbocycles. The molecule has 2 aliphatic rings. The van der Waals surface area contributed by atoms with Gasteiger partial charge in [-0.3, -0.25) is 0 Å². The van der Waals surface area contributed by atoms with E-state index < -0.39 is 11.9 Å². The van der Waals surface area contributed by atoms with E-state index in [-0.39, 0.29) is 47.4 Å². The third kappa shape index (κ3) is 5.42. The van der Waals surface area contributed by atoms with Gasteiger partial charge in [-0.2, -0.15) is 0 Å². The molecule has 0 saturated heterocycles. The molecule has 4 nitrogen and oxygen atoms in total. The van der Waals surface area contributed by atoms with Gasteiger partial charge in [-0.15, -0.1) is 0 Å². The number of aryl methyl sites for hydroxylation is 1. The van der Waals surface area contributed by atoms with Crippen LogP contribution in [0, 0.1) is 17.7 Å². The SMILES string of the molecule is COc1ccc(F)c(-c2ccc([C@@H]3CCc4ccc([C@H](C5CC5)[C@H](C)C(=O)[O-])cc4O3)cc2)c1.[Na+]. The summed E-state index contributed by atoms with van der Waals surface area (Å²) in [5.74, 6) is -0.0320. The van der Waals surface area contributed by atoms with Crippen LogP contribution in [0.25, 0.3) is 11.1 Å². The van der Waals surface area contributed by atoms with E-state index in [4.69, 9.17) is 9.47 Å². The number of fused-ring (bicyclic) bond motifs is 1. The van der Waals surface area contributed by atoms with Gasteiger partial charge in [-0.05, 0) is 84.0 Å². The molecule has 0 unspecified atom stereocenters. The first-order valence-electron chi connectivity index (χ1n) is 11.9. The Labute approximate surface area is 227 Å². The van der Waals surface area contributed by atoms with Crippen molar-refractivity contribution >= 4 is 5.97 Å². The van der Waals surface area contributed by atoms with Crippen LogP contribution in [0.15, 0.2) is 60.7 Å². The Morgan fingerprint density at radius 2 is 1.80 bits per heavy atom. The quantitative estimate of drug-likeness (QED) is 0.486. The van der Waals surface area contributed by atoms with Crippen molar-refractivity contribution in [1.29, 1.82) is 0 Å². The third-order valence-electron chi connectivity index (χ3n) is 7.23. The fourth-order valence-corrected chi connectivity index (χ4v) is 5.13. The van der Waals surface area contributed by atoms with Crippen LogP contribution in [0.5, 0.6) is 11.5 Å². The minimum absolute atomic E-state index is 0. The standard InChI is InChI=1S/C29H29FO4.Na/c1-17(29(31)32)28(21-8-9-21)22-10-7-20-11-14-26(34-27(20)15-22)19-5-3-18(4-6-19)24-16-23(33-2)12-13-25(24)30;/h3-7,10,12-13,15-17,21,26,28H,8-9,11,14H2,1-2H3,(H,31,32);/q;+1/p-1/t17-,26-,28-;/m0./s1. The number of benzene rings is 3. The molecule has 1 aliphatic heterocycles. The molecule has 3 atom stereocenters. The first-order chi connectivity index (χ1) is 16.4. The summed E-state index contributed by atoms with van der Waals surface area (Å²) in [7, 11) is 1.57. The number of aliphatic carboxylic acids is 1. The van der Waals surface area contributed by atoms with Crippen molar-refractivity contribution in [2.75, 3.05) is 7.11 Å². The molecule has 0 bridgehead atoms. The number of methoxy groups -OCH3 is 1. The first-order valence-corrected chi connectivity index (χ1v) is 11.9. The minimum atomic E-state index is -0.999. The number of hydrogen-bond donors (Lipinski definition) is 0.